The van der Waals surface area contributed by atoms with Gasteiger partial charge in [0.1, 0.15) is 23.3 Å². The molecule has 3 aromatic rings. The van der Waals surface area contributed by atoms with Crippen molar-refractivity contribution >= 4 is 29.2 Å². The van der Waals surface area contributed by atoms with Crippen LogP contribution in [-0.2, 0) is 16.1 Å². The van der Waals surface area contributed by atoms with Gasteiger partial charge in [-0.05, 0) is 55.0 Å². The molecule has 1 saturated heterocycles. The Labute approximate surface area is 203 Å². The number of furan rings is 1. The average molecular weight is 478 g/mol. The van der Waals surface area contributed by atoms with E-state index in [0.29, 0.717) is 35.2 Å². The second-order valence-electron chi connectivity index (χ2n) is 8.01. The summed E-state index contributed by atoms with van der Waals surface area (Å²) < 4.78 is 16.2. The van der Waals surface area contributed by atoms with E-state index < -0.39 is 23.9 Å². The van der Waals surface area contributed by atoms with E-state index in [-0.39, 0.29) is 13.0 Å². The molecule has 1 atom stereocenters. The minimum atomic E-state index is -0.994. The van der Waals surface area contributed by atoms with Gasteiger partial charge < -0.3 is 24.1 Å². The number of anilines is 2. The summed E-state index contributed by atoms with van der Waals surface area (Å²) in [5.74, 6) is 0.837. The zero-order valence-electron chi connectivity index (χ0n) is 19.6. The van der Waals surface area contributed by atoms with Gasteiger partial charge in [-0.3, -0.25) is 9.59 Å². The van der Waals surface area contributed by atoms with Gasteiger partial charge in [0.25, 0.3) is 5.91 Å². The summed E-state index contributed by atoms with van der Waals surface area (Å²) in [7, 11) is 1.51. The van der Waals surface area contributed by atoms with Crippen LogP contribution in [0.4, 0.5) is 16.2 Å². The van der Waals surface area contributed by atoms with Crippen LogP contribution in [-0.4, -0.2) is 42.5 Å². The molecule has 9 nitrogen and oxygen atoms in total. The van der Waals surface area contributed by atoms with Crippen molar-refractivity contribution in [2.45, 2.75) is 32.4 Å². The van der Waals surface area contributed by atoms with Crippen molar-refractivity contribution in [2.24, 2.45) is 0 Å². The number of benzene rings is 2. The van der Waals surface area contributed by atoms with Gasteiger partial charge in [-0.2, -0.15) is 0 Å². The lowest BCUT2D eigenvalue weighted by Crippen LogP contribution is -2.37. The smallest absolute Gasteiger partial charge is 0.332 e. The van der Waals surface area contributed by atoms with Crippen LogP contribution in [0.5, 0.6) is 11.5 Å². The highest BCUT2D eigenvalue weighted by Gasteiger charge is 2.47. The molecule has 1 aliphatic heterocycles. The third-order valence-corrected chi connectivity index (χ3v) is 5.53. The average Bonchev–Trinajstić information content (AvgIpc) is 3.46. The van der Waals surface area contributed by atoms with Gasteiger partial charge in [0.15, 0.2) is 0 Å². The molecule has 2 aromatic carbocycles. The molecule has 35 heavy (non-hydrogen) atoms. The Hall–Kier alpha value is -4.27. The summed E-state index contributed by atoms with van der Waals surface area (Å²) in [6.45, 7) is 2.69. The molecule has 0 aliphatic carbocycles. The van der Waals surface area contributed by atoms with E-state index in [1.807, 2.05) is 6.92 Å². The highest BCUT2D eigenvalue weighted by atomic mass is 16.5. The van der Waals surface area contributed by atoms with E-state index >= 15 is 0 Å². The lowest BCUT2D eigenvalue weighted by atomic mass is 10.1. The van der Waals surface area contributed by atoms with E-state index in [9.17, 15) is 14.4 Å². The summed E-state index contributed by atoms with van der Waals surface area (Å²) in [5.41, 5.74) is 0.937. The van der Waals surface area contributed by atoms with Crippen molar-refractivity contribution in [1.29, 1.82) is 0 Å². The molecule has 9 heteroatoms. The van der Waals surface area contributed by atoms with Crippen molar-refractivity contribution < 1.29 is 28.3 Å². The van der Waals surface area contributed by atoms with Crippen LogP contribution < -0.4 is 19.7 Å². The van der Waals surface area contributed by atoms with Crippen LogP contribution in [0.25, 0.3) is 0 Å². The number of urea groups is 1. The van der Waals surface area contributed by atoms with Crippen LogP contribution in [0, 0.1) is 0 Å². The number of ether oxygens (including phenoxy) is 2. The second kappa shape index (κ2) is 10.8. The van der Waals surface area contributed by atoms with Gasteiger partial charge in [0.2, 0.25) is 5.91 Å². The predicted octanol–water partition coefficient (Wildman–Crippen LogP) is 4.44. The summed E-state index contributed by atoms with van der Waals surface area (Å²) in [6, 6.07) is 15.5. The SMILES string of the molecule is CCCOc1ccc(NC(=O)C[C@H]2C(=O)N(c3cccc(OC)c3)C(=O)N2Cc2ccco2)cc1. The molecule has 1 aliphatic rings. The molecule has 0 radical (unpaired) electrons. The van der Waals surface area contributed by atoms with E-state index in [4.69, 9.17) is 13.9 Å². The summed E-state index contributed by atoms with van der Waals surface area (Å²) in [4.78, 5) is 42.0. The molecule has 0 spiro atoms. The number of nitrogens with zero attached hydrogens (tertiary/aromatic N) is 2. The van der Waals surface area contributed by atoms with Crippen molar-refractivity contribution in [3.05, 3.63) is 72.7 Å². The summed E-state index contributed by atoms with van der Waals surface area (Å²) >= 11 is 0. The first kappa shape index (κ1) is 23.9. The van der Waals surface area contributed by atoms with Crippen LogP contribution in [0.1, 0.15) is 25.5 Å². The fraction of sp³-hybridized carbons (Fsp3) is 0.269. The van der Waals surface area contributed by atoms with E-state index in [0.717, 1.165) is 11.3 Å². The molecular formula is C26H27N3O6. The molecule has 1 aromatic heterocycles. The Morgan fingerprint density at radius 1 is 1.06 bits per heavy atom. The number of carbonyl (C=O) groups is 3. The van der Waals surface area contributed by atoms with Crippen molar-refractivity contribution in [3.8, 4) is 11.5 Å². The standard InChI is InChI=1S/C26H27N3O6/c1-3-13-34-20-11-9-18(10-12-20)27-24(30)16-23-25(31)29(19-6-4-7-21(15-19)33-2)26(32)28(23)17-22-8-5-14-35-22/h4-12,14-15,23H,3,13,16-17H2,1-2H3,(H,27,30)/t23-/m0/s1. The molecule has 1 N–H and O–H groups in total. The zero-order chi connectivity index (χ0) is 24.8. The summed E-state index contributed by atoms with van der Waals surface area (Å²) in [5, 5.41) is 2.79. The number of hydrogen-bond acceptors (Lipinski definition) is 6. The summed E-state index contributed by atoms with van der Waals surface area (Å²) in [6.07, 6.45) is 2.18. The van der Waals surface area contributed by atoms with Gasteiger partial charge in [0, 0.05) is 11.8 Å². The van der Waals surface area contributed by atoms with Crippen LogP contribution >= 0.6 is 0 Å². The molecule has 4 rings (SSSR count). The Kier molecular flexibility index (Phi) is 7.35. The van der Waals surface area contributed by atoms with Crippen molar-refractivity contribution in [2.75, 3.05) is 23.9 Å². The molecular weight excluding hydrogens is 450 g/mol. The monoisotopic (exact) mass is 477 g/mol. The number of carbonyl (C=O) groups excluding carboxylic acids is 3. The number of imide groups is 1. The minimum absolute atomic E-state index is 0.0550. The van der Waals surface area contributed by atoms with Crippen LogP contribution in [0.2, 0.25) is 0 Å². The number of hydrogen-bond donors (Lipinski definition) is 1. The number of rotatable bonds is 10. The number of nitrogens with one attached hydrogen (secondary N) is 1. The molecule has 4 amide bonds. The first-order valence-electron chi connectivity index (χ1n) is 11.3. The second-order valence-corrected chi connectivity index (χ2v) is 8.01. The fourth-order valence-electron chi connectivity index (χ4n) is 3.81. The number of methoxy groups -OCH3 is 1. The van der Waals surface area contributed by atoms with Gasteiger partial charge in [-0.1, -0.05) is 13.0 Å². The molecule has 182 valence electrons. The fourth-order valence-corrected chi connectivity index (χ4v) is 3.81. The van der Waals surface area contributed by atoms with Crippen LogP contribution in [0.3, 0.4) is 0 Å². The topological polar surface area (TPSA) is 101 Å². The highest BCUT2D eigenvalue weighted by molar-refractivity contribution is 6.22. The minimum Gasteiger partial charge on any atom is -0.497 e. The largest absolute Gasteiger partial charge is 0.497 e. The lowest BCUT2D eigenvalue weighted by molar-refractivity contribution is -0.124. The van der Waals surface area contributed by atoms with E-state index in [1.165, 1.54) is 18.3 Å². The Morgan fingerprint density at radius 2 is 1.86 bits per heavy atom. The molecule has 0 bridgehead atoms. The maximum atomic E-state index is 13.4. The lowest BCUT2D eigenvalue weighted by Gasteiger charge is -2.20. The van der Waals surface area contributed by atoms with Gasteiger partial charge >= 0.3 is 6.03 Å². The first-order chi connectivity index (χ1) is 17.0. The Balaban J connectivity index is 1.52. The third-order valence-electron chi connectivity index (χ3n) is 5.53. The molecule has 1 fully saturated rings. The Morgan fingerprint density at radius 3 is 2.54 bits per heavy atom. The van der Waals surface area contributed by atoms with Gasteiger partial charge in [0.05, 0.1) is 38.6 Å². The molecule has 2 heterocycles. The first-order valence-corrected chi connectivity index (χ1v) is 11.3. The third kappa shape index (κ3) is 5.46. The van der Waals surface area contributed by atoms with Gasteiger partial charge in [-0.15, -0.1) is 0 Å². The highest BCUT2D eigenvalue weighted by Crippen LogP contribution is 2.30. The van der Waals surface area contributed by atoms with E-state index in [1.54, 1.807) is 60.7 Å². The normalized spacial score (nSPS) is 15.4. The zero-order valence-corrected chi connectivity index (χ0v) is 19.6. The van der Waals surface area contributed by atoms with Crippen molar-refractivity contribution in [1.82, 2.24) is 4.90 Å². The quantitative estimate of drug-likeness (QED) is 0.433. The Bertz CT molecular complexity index is 1180. The maximum absolute atomic E-state index is 13.4. The van der Waals surface area contributed by atoms with Crippen LogP contribution in [0.15, 0.2) is 71.3 Å². The maximum Gasteiger partial charge on any atom is 0.332 e. The predicted molar refractivity (Wildman–Crippen MR) is 129 cm³/mol. The van der Waals surface area contributed by atoms with E-state index in [2.05, 4.69) is 5.32 Å². The number of amides is 4. The van der Waals surface area contributed by atoms with Gasteiger partial charge in [-0.25, -0.2) is 9.69 Å². The molecule has 0 unspecified atom stereocenters. The van der Waals surface area contributed by atoms with Crippen molar-refractivity contribution in [3.63, 3.8) is 0 Å². The molecule has 0 saturated carbocycles.